The van der Waals surface area contributed by atoms with Crippen LogP contribution in [0, 0.1) is 0 Å². The average Bonchev–Trinajstić information content (AvgIpc) is 2.04. The van der Waals surface area contributed by atoms with E-state index in [0.717, 1.165) is 0 Å². The number of nitrogen functional groups attached to an aromatic ring is 1. The van der Waals surface area contributed by atoms with Crippen LogP contribution in [0.5, 0.6) is 0 Å². The quantitative estimate of drug-likeness (QED) is 0.575. The van der Waals surface area contributed by atoms with Crippen LogP contribution in [-0.2, 0) is 7.47 Å². The van der Waals surface area contributed by atoms with E-state index >= 15 is 0 Å². The maximum atomic E-state index is 11.5. The summed E-state index contributed by atoms with van der Waals surface area (Å²) in [6.45, 7) is 1.90. The molecule has 0 aromatic heterocycles. The topological polar surface area (TPSA) is 72.5 Å². The Labute approximate surface area is 79.7 Å². The van der Waals surface area contributed by atoms with Crippen molar-refractivity contribution in [3.63, 3.8) is 0 Å². The van der Waals surface area contributed by atoms with Gasteiger partial charge in [0.05, 0.1) is 0 Å². The molecular formula is C8H12AsNO3. The van der Waals surface area contributed by atoms with Crippen molar-refractivity contribution >= 4 is 24.2 Å². The third-order valence-electron chi connectivity index (χ3n) is 1.50. The molecule has 0 aliphatic carbocycles. The zero-order chi connectivity index (χ0) is 9.90. The third-order valence-corrected chi connectivity index (χ3v) is 4.73. The zero-order valence-corrected chi connectivity index (χ0v) is 9.18. The van der Waals surface area contributed by atoms with Crippen molar-refractivity contribution in [2.75, 3.05) is 12.3 Å². The van der Waals surface area contributed by atoms with Gasteiger partial charge in [0.15, 0.2) is 0 Å². The van der Waals surface area contributed by atoms with Gasteiger partial charge in [-0.15, -0.1) is 0 Å². The van der Waals surface area contributed by atoms with Crippen LogP contribution >= 0.6 is 0 Å². The van der Waals surface area contributed by atoms with Gasteiger partial charge in [-0.05, 0) is 0 Å². The van der Waals surface area contributed by atoms with Crippen molar-refractivity contribution < 1.29 is 11.6 Å². The fourth-order valence-electron chi connectivity index (χ4n) is 0.950. The van der Waals surface area contributed by atoms with Crippen LogP contribution in [0.25, 0.3) is 0 Å². The molecular weight excluding hydrogens is 233 g/mol. The van der Waals surface area contributed by atoms with Gasteiger partial charge >= 0.3 is 79.3 Å². The standard InChI is InChI=1S/C8H12AsNO3/c1-2-13-9(11,12)7-4-3-5-8(10)6-7/h3-6H,2,10H2,1H3,(H,11,12). The summed E-state index contributed by atoms with van der Waals surface area (Å²) in [5.41, 5.74) is 5.94. The van der Waals surface area contributed by atoms with E-state index in [1.54, 1.807) is 25.1 Å². The Morgan fingerprint density at radius 2 is 2.31 bits per heavy atom. The first kappa shape index (κ1) is 10.4. The molecule has 0 heterocycles. The van der Waals surface area contributed by atoms with Gasteiger partial charge in [-0.3, -0.25) is 0 Å². The van der Waals surface area contributed by atoms with Crippen LogP contribution in [0.2, 0.25) is 0 Å². The van der Waals surface area contributed by atoms with Crippen LogP contribution in [0.4, 0.5) is 5.69 Å². The summed E-state index contributed by atoms with van der Waals surface area (Å²) in [7, 11) is 0. The number of hydrogen-bond donors (Lipinski definition) is 2. The molecule has 1 atom stereocenters. The molecule has 0 fully saturated rings. The first-order valence-electron chi connectivity index (χ1n) is 3.89. The van der Waals surface area contributed by atoms with E-state index in [1.165, 1.54) is 6.07 Å². The molecule has 0 aliphatic rings. The molecule has 0 aliphatic heterocycles. The van der Waals surface area contributed by atoms with Gasteiger partial charge < -0.3 is 0 Å². The number of hydrogen-bond acceptors (Lipinski definition) is 3. The normalized spacial score (nSPS) is 15.2. The van der Waals surface area contributed by atoms with E-state index in [-0.39, 0.29) is 6.61 Å². The van der Waals surface area contributed by atoms with Crippen LogP contribution in [-0.4, -0.2) is 24.9 Å². The van der Waals surface area contributed by atoms with Gasteiger partial charge in [-0.25, -0.2) is 0 Å². The Morgan fingerprint density at radius 1 is 1.62 bits per heavy atom. The molecule has 1 unspecified atom stereocenters. The molecule has 5 heteroatoms. The van der Waals surface area contributed by atoms with Gasteiger partial charge in [-0.1, -0.05) is 0 Å². The summed E-state index contributed by atoms with van der Waals surface area (Å²) in [6.07, 6.45) is 0. The maximum absolute atomic E-state index is 11.5. The molecule has 4 nitrogen and oxygen atoms in total. The van der Waals surface area contributed by atoms with Crippen LogP contribution in [0.3, 0.4) is 0 Å². The molecule has 0 radical (unpaired) electrons. The molecule has 3 N–H and O–H groups in total. The van der Waals surface area contributed by atoms with E-state index in [1.807, 2.05) is 0 Å². The first-order valence-corrected chi connectivity index (χ1v) is 7.20. The number of rotatable bonds is 3. The SMILES string of the molecule is CCO[As](=O)(O)c1cccc(N)c1. The molecule has 0 saturated carbocycles. The van der Waals surface area contributed by atoms with Crippen molar-refractivity contribution in [3.8, 4) is 0 Å². The van der Waals surface area contributed by atoms with Crippen molar-refractivity contribution in [1.82, 2.24) is 0 Å². The molecule has 0 saturated heterocycles. The Morgan fingerprint density at radius 3 is 2.85 bits per heavy atom. The second kappa shape index (κ2) is 4.00. The van der Waals surface area contributed by atoms with Gasteiger partial charge in [0.25, 0.3) is 0 Å². The second-order valence-corrected chi connectivity index (χ2v) is 6.34. The average molecular weight is 245 g/mol. The summed E-state index contributed by atoms with van der Waals surface area (Å²) in [6, 6.07) is 6.31. The summed E-state index contributed by atoms with van der Waals surface area (Å²) >= 11 is -4.28. The van der Waals surface area contributed by atoms with Gasteiger partial charge in [0, 0.05) is 0 Å². The Balaban J connectivity index is 3.00. The number of benzene rings is 1. The molecule has 1 aromatic rings. The number of anilines is 1. The summed E-state index contributed by atoms with van der Waals surface area (Å²) in [4.78, 5) is 0. The van der Waals surface area contributed by atoms with Gasteiger partial charge in [0.2, 0.25) is 0 Å². The zero-order valence-electron chi connectivity index (χ0n) is 7.30. The molecule has 1 rings (SSSR count). The molecule has 1 aromatic carbocycles. The predicted octanol–water partition coefficient (Wildman–Crippen LogP) is -0.126. The molecule has 13 heavy (non-hydrogen) atoms. The van der Waals surface area contributed by atoms with Crippen LogP contribution < -0.4 is 10.1 Å². The summed E-state index contributed by atoms with van der Waals surface area (Å²) in [5.74, 6) is 0. The minimum atomic E-state index is -4.28. The fraction of sp³-hybridized carbons (Fsp3) is 0.250. The van der Waals surface area contributed by atoms with E-state index < -0.39 is 14.2 Å². The fourth-order valence-corrected chi connectivity index (χ4v) is 3.23. The van der Waals surface area contributed by atoms with E-state index in [2.05, 4.69) is 0 Å². The Hall–Kier alpha value is -0.702. The predicted molar refractivity (Wildman–Crippen MR) is 50.8 cm³/mol. The summed E-state index contributed by atoms with van der Waals surface area (Å²) < 4.78 is 26.0. The second-order valence-electron chi connectivity index (χ2n) is 2.53. The van der Waals surface area contributed by atoms with Crippen molar-refractivity contribution in [2.24, 2.45) is 0 Å². The van der Waals surface area contributed by atoms with Gasteiger partial charge in [-0.2, -0.15) is 0 Å². The Kier molecular flexibility index (Phi) is 3.20. The summed E-state index contributed by atoms with van der Waals surface area (Å²) in [5, 5.41) is 0. The van der Waals surface area contributed by atoms with Crippen LogP contribution in [0.15, 0.2) is 24.3 Å². The van der Waals surface area contributed by atoms with Crippen LogP contribution in [0.1, 0.15) is 6.92 Å². The van der Waals surface area contributed by atoms with Crippen molar-refractivity contribution in [3.05, 3.63) is 24.3 Å². The third kappa shape index (κ3) is 2.62. The molecule has 0 bridgehead atoms. The molecule has 72 valence electrons. The molecule has 0 spiro atoms. The first-order chi connectivity index (χ1) is 6.06. The number of nitrogens with two attached hydrogens (primary N) is 1. The minimum absolute atomic E-state index is 0.224. The molecule has 0 amide bonds. The van der Waals surface area contributed by atoms with E-state index in [9.17, 15) is 7.84 Å². The van der Waals surface area contributed by atoms with E-state index in [0.29, 0.717) is 10.0 Å². The monoisotopic (exact) mass is 245 g/mol. The van der Waals surface area contributed by atoms with Gasteiger partial charge in [0.1, 0.15) is 0 Å². The van der Waals surface area contributed by atoms with Crippen molar-refractivity contribution in [1.29, 1.82) is 0 Å². The van der Waals surface area contributed by atoms with Crippen molar-refractivity contribution in [2.45, 2.75) is 6.92 Å². The van der Waals surface area contributed by atoms with E-state index in [4.69, 9.17) is 9.46 Å². The Bertz CT molecular complexity index is 340.